The second kappa shape index (κ2) is 10.2. The Kier molecular flexibility index (Phi) is 8.86. The molecular formula is C16H33N3O. The highest BCUT2D eigenvalue weighted by atomic mass is 16.2. The molecule has 1 saturated heterocycles. The van der Waals surface area contributed by atoms with Crippen LogP contribution in [0.15, 0.2) is 0 Å². The summed E-state index contributed by atoms with van der Waals surface area (Å²) >= 11 is 0. The first-order chi connectivity index (χ1) is 9.61. The van der Waals surface area contributed by atoms with Crippen molar-refractivity contribution in [3.05, 3.63) is 0 Å². The molecule has 1 aliphatic rings. The van der Waals surface area contributed by atoms with Crippen molar-refractivity contribution in [3.8, 4) is 0 Å². The van der Waals surface area contributed by atoms with Crippen LogP contribution in [0.25, 0.3) is 0 Å². The first kappa shape index (κ1) is 17.4. The number of carbonyl (C=O) groups is 1. The summed E-state index contributed by atoms with van der Waals surface area (Å²) in [7, 11) is 0. The highest BCUT2D eigenvalue weighted by molar-refractivity contribution is 5.77. The fraction of sp³-hybridized carbons (Fsp3) is 0.938. The van der Waals surface area contributed by atoms with Crippen molar-refractivity contribution in [2.24, 2.45) is 11.8 Å². The van der Waals surface area contributed by atoms with Crippen molar-refractivity contribution in [3.63, 3.8) is 0 Å². The van der Waals surface area contributed by atoms with E-state index in [9.17, 15) is 4.79 Å². The standard InChI is InChI=1S/C16H33N3O/c1-4-10-19(12-15-6-5-8-17-11-15)13-16(20)18-9-7-14(2)3/h14-15,17H,4-13H2,1-3H3,(H,18,20). The zero-order chi connectivity index (χ0) is 14.8. The van der Waals surface area contributed by atoms with Crippen molar-refractivity contribution in [2.75, 3.05) is 39.3 Å². The first-order valence-corrected chi connectivity index (χ1v) is 8.31. The van der Waals surface area contributed by atoms with Gasteiger partial charge in [-0.3, -0.25) is 9.69 Å². The number of piperidine rings is 1. The molecule has 1 aliphatic heterocycles. The van der Waals surface area contributed by atoms with Crippen molar-refractivity contribution in [2.45, 2.75) is 46.5 Å². The summed E-state index contributed by atoms with van der Waals surface area (Å²) in [6.45, 7) is 12.3. The Morgan fingerprint density at radius 3 is 2.85 bits per heavy atom. The lowest BCUT2D eigenvalue weighted by Crippen LogP contribution is -2.43. The van der Waals surface area contributed by atoms with Crippen molar-refractivity contribution < 1.29 is 4.79 Å². The third-order valence-electron chi connectivity index (χ3n) is 3.87. The average Bonchev–Trinajstić information content (AvgIpc) is 2.39. The van der Waals surface area contributed by atoms with Gasteiger partial charge in [0.1, 0.15) is 0 Å². The molecule has 0 aromatic carbocycles. The maximum atomic E-state index is 12.0. The molecule has 20 heavy (non-hydrogen) atoms. The number of hydrogen-bond donors (Lipinski definition) is 2. The fourth-order valence-electron chi connectivity index (χ4n) is 2.76. The van der Waals surface area contributed by atoms with Gasteiger partial charge in [-0.25, -0.2) is 0 Å². The lowest BCUT2D eigenvalue weighted by molar-refractivity contribution is -0.122. The first-order valence-electron chi connectivity index (χ1n) is 8.31. The van der Waals surface area contributed by atoms with Gasteiger partial charge in [0.25, 0.3) is 0 Å². The number of nitrogens with zero attached hydrogens (tertiary/aromatic N) is 1. The van der Waals surface area contributed by atoms with Gasteiger partial charge in [-0.15, -0.1) is 0 Å². The molecule has 1 fully saturated rings. The molecule has 0 spiro atoms. The topological polar surface area (TPSA) is 44.4 Å². The van der Waals surface area contributed by atoms with Crippen LogP contribution < -0.4 is 10.6 Å². The van der Waals surface area contributed by atoms with Gasteiger partial charge >= 0.3 is 0 Å². The minimum atomic E-state index is 0.183. The van der Waals surface area contributed by atoms with E-state index in [1.807, 2.05) is 0 Å². The molecule has 4 nitrogen and oxygen atoms in total. The van der Waals surface area contributed by atoms with Crippen LogP contribution in [0.4, 0.5) is 0 Å². The molecule has 4 heteroatoms. The van der Waals surface area contributed by atoms with Crippen LogP contribution in [0, 0.1) is 11.8 Å². The van der Waals surface area contributed by atoms with Crippen LogP contribution in [0.2, 0.25) is 0 Å². The largest absolute Gasteiger partial charge is 0.355 e. The van der Waals surface area contributed by atoms with Gasteiger partial charge in [0.15, 0.2) is 0 Å². The third kappa shape index (κ3) is 7.85. The molecule has 1 unspecified atom stereocenters. The summed E-state index contributed by atoms with van der Waals surface area (Å²) in [5.41, 5.74) is 0. The van der Waals surface area contributed by atoms with Gasteiger partial charge in [0.2, 0.25) is 5.91 Å². The predicted octanol–water partition coefficient (Wildman–Crippen LogP) is 1.86. The van der Waals surface area contributed by atoms with Gasteiger partial charge in [-0.2, -0.15) is 0 Å². The minimum Gasteiger partial charge on any atom is -0.355 e. The molecule has 1 heterocycles. The van der Waals surface area contributed by atoms with Gasteiger partial charge in [-0.05, 0) is 57.2 Å². The van der Waals surface area contributed by atoms with Crippen LogP contribution >= 0.6 is 0 Å². The Bertz CT molecular complexity index is 262. The fourth-order valence-corrected chi connectivity index (χ4v) is 2.76. The molecule has 0 saturated carbocycles. The monoisotopic (exact) mass is 283 g/mol. The van der Waals surface area contributed by atoms with Crippen LogP contribution in [-0.2, 0) is 4.79 Å². The average molecular weight is 283 g/mol. The van der Waals surface area contributed by atoms with Crippen molar-refractivity contribution >= 4 is 5.91 Å². The summed E-state index contributed by atoms with van der Waals surface area (Å²) in [5, 5.41) is 6.50. The summed E-state index contributed by atoms with van der Waals surface area (Å²) in [6, 6.07) is 0. The maximum absolute atomic E-state index is 12.0. The lowest BCUT2D eigenvalue weighted by Gasteiger charge is -2.29. The summed E-state index contributed by atoms with van der Waals surface area (Å²) in [4.78, 5) is 14.3. The molecule has 2 N–H and O–H groups in total. The molecule has 0 radical (unpaired) electrons. The molecule has 0 aromatic rings. The Balaban J connectivity index is 2.27. The van der Waals surface area contributed by atoms with Crippen LogP contribution in [0.3, 0.4) is 0 Å². The van der Waals surface area contributed by atoms with Gasteiger partial charge in [0.05, 0.1) is 6.54 Å². The van der Waals surface area contributed by atoms with Crippen molar-refractivity contribution in [1.82, 2.24) is 15.5 Å². The summed E-state index contributed by atoms with van der Waals surface area (Å²) in [6.07, 6.45) is 4.74. The SMILES string of the molecule is CCCN(CC(=O)NCCC(C)C)CC1CCCNC1. The predicted molar refractivity (Wildman–Crippen MR) is 84.8 cm³/mol. The van der Waals surface area contributed by atoms with E-state index >= 15 is 0 Å². The molecule has 1 atom stereocenters. The summed E-state index contributed by atoms with van der Waals surface area (Å²) in [5.74, 6) is 1.54. The number of amides is 1. The number of rotatable bonds is 9. The zero-order valence-electron chi connectivity index (χ0n) is 13.6. The van der Waals surface area contributed by atoms with E-state index < -0.39 is 0 Å². The molecule has 0 aliphatic carbocycles. The van der Waals surface area contributed by atoms with E-state index in [2.05, 4.69) is 36.3 Å². The molecule has 1 rings (SSSR count). The lowest BCUT2D eigenvalue weighted by atomic mass is 9.99. The number of hydrogen-bond acceptors (Lipinski definition) is 3. The molecule has 0 aromatic heterocycles. The van der Waals surface area contributed by atoms with E-state index in [0.717, 1.165) is 45.6 Å². The van der Waals surface area contributed by atoms with Gasteiger partial charge in [0, 0.05) is 13.1 Å². The molecular weight excluding hydrogens is 250 g/mol. The zero-order valence-corrected chi connectivity index (χ0v) is 13.6. The Labute approximate surface area is 124 Å². The highest BCUT2D eigenvalue weighted by Crippen LogP contribution is 2.11. The van der Waals surface area contributed by atoms with E-state index in [4.69, 9.17) is 0 Å². The van der Waals surface area contributed by atoms with E-state index in [-0.39, 0.29) is 5.91 Å². The quantitative estimate of drug-likeness (QED) is 0.679. The minimum absolute atomic E-state index is 0.183. The maximum Gasteiger partial charge on any atom is 0.234 e. The van der Waals surface area contributed by atoms with Crippen molar-refractivity contribution in [1.29, 1.82) is 0 Å². The van der Waals surface area contributed by atoms with E-state index in [1.165, 1.54) is 12.8 Å². The Hall–Kier alpha value is -0.610. The van der Waals surface area contributed by atoms with Crippen LogP contribution in [0.1, 0.15) is 46.5 Å². The molecule has 0 bridgehead atoms. The second-order valence-electron chi connectivity index (χ2n) is 6.48. The Morgan fingerprint density at radius 1 is 1.45 bits per heavy atom. The van der Waals surface area contributed by atoms with Crippen LogP contribution in [0.5, 0.6) is 0 Å². The highest BCUT2D eigenvalue weighted by Gasteiger charge is 2.18. The molecule has 1 amide bonds. The van der Waals surface area contributed by atoms with Gasteiger partial charge < -0.3 is 10.6 Å². The third-order valence-corrected chi connectivity index (χ3v) is 3.87. The van der Waals surface area contributed by atoms with Crippen LogP contribution in [-0.4, -0.2) is 50.1 Å². The van der Waals surface area contributed by atoms with Gasteiger partial charge in [-0.1, -0.05) is 20.8 Å². The number of carbonyl (C=O) groups excluding carboxylic acids is 1. The molecule has 118 valence electrons. The number of nitrogens with one attached hydrogen (secondary N) is 2. The normalized spacial score (nSPS) is 19.6. The van der Waals surface area contributed by atoms with E-state index in [0.29, 0.717) is 18.4 Å². The summed E-state index contributed by atoms with van der Waals surface area (Å²) < 4.78 is 0. The Morgan fingerprint density at radius 2 is 2.25 bits per heavy atom. The smallest absolute Gasteiger partial charge is 0.234 e. The second-order valence-corrected chi connectivity index (χ2v) is 6.48. The van der Waals surface area contributed by atoms with E-state index in [1.54, 1.807) is 0 Å².